The Morgan fingerprint density at radius 1 is 1.19 bits per heavy atom. The van der Waals surface area contributed by atoms with Crippen molar-refractivity contribution in [2.24, 2.45) is 0 Å². The lowest BCUT2D eigenvalue weighted by Crippen LogP contribution is -2.38. The highest BCUT2D eigenvalue weighted by molar-refractivity contribution is 7.21. The first-order chi connectivity index (χ1) is 13.0. The average Bonchev–Trinajstić information content (AvgIpc) is 3.01. The molecule has 0 fully saturated rings. The fourth-order valence-corrected chi connectivity index (χ4v) is 4.59. The summed E-state index contributed by atoms with van der Waals surface area (Å²) in [7, 11) is 0. The number of rotatable bonds is 3. The van der Waals surface area contributed by atoms with Gasteiger partial charge in [0.2, 0.25) is 0 Å². The zero-order valence-corrected chi connectivity index (χ0v) is 15.8. The predicted molar refractivity (Wildman–Crippen MR) is 103 cm³/mol. The zero-order chi connectivity index (χ0) is 19.0. The summed E-state index contributed by atoms with van der Waals surface area (Å²) in [5, 5.41) is 0.813. The summed E-state index contributed by atoms with van der Waals surface area (Å²) in [5.41, 5.74) is 2.35. The molecule has 3 aromatic rings. The average molecular weight is 404 g/mol. The molecule has 2 heterocycles. The van der Waals surface area contributed by atoms with Crippen LogP contribution in [0, 0.1) is 5.82 Å². The zero-order valence-electron chi connectivity index (χ0n) is 14.2. The van der Waals surface area contributed by atoms with Crippen LogP contribution in [0.4, 0.5) is 4.39 Å². The number of hydrogen-bond acceptors (Lipinski definition) is 4. The van der Waals surface area contributed by atoms with Gasteiger partial charge in [0, 0.05) is 23.2 Å². The first-order valence-electron chi connectivity index (χ1n) is 8.42. The molecule has 27 heavy (non-hydrogen) atoms. The van der Waals surface area contributed by atoms with E-state index in [0.29, 0.717) is 23.2 Å². The molecule has 0 N–H and O–H groups in total. The van der Waals surface area contributed by atoms with Gasteiger partial charge in [-0.2, -0.15) is 0 Å². The number of halogens is 2. The number of amides is 1. The van der Waals surface area contributed by atoms with Crippen molar-refractivity contribution in [2.45, 2.75) is 13.0 Å². The topological polar surface area (TPSA) is 46.6 Å². The minimum Gasteiger partial charge on any atom is -0.451 e. The van der Waals surface area contributed by atoms with Crippen LogP contribution < -0.4 is 0 Å². The first-order valence-corrected chi connectivity index (χ1v) is 9.61. The molecule has 4 rings (SSSR count). The Morgan fingerprint density at radius 2 is 1.96 bits per heavy atom. The Balaban J connectivity index is 1.42. The second kappa shape index (κ2) is 7.29. The van der Waals surface area contributed by atoms with E-state index in [9.17, 15) is 14.0 Å². The van der Waals surface area contributed by atoms with Crippen molar-refractivity contribution in [2.75, 3.05) is 13.2 Å². The largest absolute Gasteiger partial charge is 0.451 e. The van der Waals surface area contributed by atoms with Crippen LogP contribution in [0.15, 0.2) is 42.5 Å². The Bertz CT molecular complexity index is 1050. The molecule has 0 spiro atoms. The Labute approximate surface area is 164 Å². The van der Waals surface area contributed by atoms with Gasteiger partial charge in [0.05, 0.1) is 5.02 Å². The van der Waals surface area contributed by atoms with Crippen LogP contribution in [0.25, 0.3) is 10.1 Å². The second-order valence-corrected chi connectivity index (χ2v) is 7.73. The molecule has 0 atom stereocenters. The Morgan fingerprint density at radius 3 is 2.78 bits per heavy atom. The molecule has 4 nitrogen and oxygen atoms in total. The van der Waals surface area contributed by atoms with Crippen LogP contribution in [0.2, 0.25) is 5.02 Å². The number of hydrogen-bond donors (Lipinski definition) is 0. The van der Waals surface area contributed by atoms with Crippen LogP contribution in [0.3, 0.4) is 0 Å². The molecule has 0 aliphatic carbocycles. The number of carbonyl (C=O) groups is 2. The number of benzene rings is 2. The number of ether oxygens (including phenoxy) is 1. The number of nitrogens with zero attached hydrogens (tertiary/aromatic N) is 1. The van der Waals surface area contributed by atoms with Crippen LogP contribution >= 0.6 is 22.9 Å². The molecule has 0 saturated carbocycles. The van der Waals surface area contributed by atoms with Crippen molar-refractivity contribution < 1.29 is 18.7 Å². The standard InChI is InChI=1S/C20H15ClFNO3S/c21-18-15-6-5-14(22)9-16(15)27-19(18)20(25)26-11-17(24)23-8-7-12-3-1-2-4-13(12)10-23/h1-6,9H,7-8,10-11H2. The minimum atomic E-state index is -0.674. The highest BCUT2D eigenvalue weighted by atomic mass is 35.5. The van der Waals surface area contributed by atoms with E-state index in [-0.39, 0.29) is 22.4 Å². The monoisotopic (exact) mass is 403 g/mol. The maximum atomic E-state index is 13.3. The van der Waals surface area contributed by atoms with Crippen molar-refractivity contribution in [1.29, 1.82) is 0 Å². The molecule has 1 aliphatic heterocycles. The van der Waals surface area contributed by atoms with E-state index in [1.165, 1.54) is 23.8 Å². The molecule has 7 heteroatoms. The predicted octanol–water partition coefficient (Wildman–Crippen LogP) is 4.44. The first kappa shape index (κ1) is 17.9. The third kappa shape index (κ3) is 3.55. The van der Waals surface area contributed by atoms with Gasteiger partial charge in [-0.3, -0.25) is 4.79 Å². The van der Waals surface area contributed by atoms with Crippen LogP contribution in [0.5, 0.6) is 0 Å². The molecule has 0 bridgehead atoms. The van der Waals surface area contributed by atoms with Gasteiger partial charge in [-0.15, -0.1) is 11.3 Å². The fourth-order valence-electron chi connectivity index (χ4n) is 3.16. The van der Waals surface area contributed by atoms with Crippen LogP contribution in [-0.2, 0) is 22.5 Å². The summed E-state index contributed by atoms with van der Waals surface area (Å²) >= 11 is 7.27. The summed E-state index contributed by atoms with van der Waals surface area (Å²) in [4.78, 5) is 26.6. The summed E-state index contributed by atoms with van der Waals surface area (Å²) in [6, 6.07) is 12.1. The minimum absolute atomic E-state index is 0.175. The molecule has 1 aliphatic rings. The number of fused-ring (bicyclic) bond motifs is 2. The van der Waals surface area contributed by atoms with Crippen molar-refractivity contribution in [3.8, 4) is 0 Å². The summed E-state index contributed by atoms with van der Waals surface area (Å²) in [5.74, 6) is -1.32. The maximum Gasteiger partial charge on any atom is 0.350 e. The van der Waals surface area contributed by atoms with E-state index < -0.39 is 11.8 Å². The van der Waals surface area contributed by atoms with Gasteiger partial charge in [0.25, 0.3) is 5.91 Å². The molecule has 0 unspecified atom stereocenters. The third-order valence-electron chi connectivity index (χ3n) is 4.59. The number of carbonyl (C=O) groups excluding carboxylic acids is 2. The lowest BCUT2D eigenvalue weighted by Gasteiger charge is -2.28. The number of esters is 1. The van der Waals surface area contributed by atoms with Crippen molar-refractivity contribution in [3.63, 3.8) is 0 Å². The molecule has 2 aromatic carbocycles. The highest BCUT2D eigenvalue weighted by Crippen LogP contribution is 2.36. The summed E-state index contributed by atoms with van der Waals surface area (Å²) < 4.78 is 19.1. The van der Waals surface area contributed by atoms with Crippen LogP contribution in [-0.4, -0.2) is 29.9 Å². The van der Waals surface area contributed by atoms with E-state index in [1.807, 2.05) is 18.2 Å². The van der Waals surface area contributed by atoms with E-state index in [4.69, 9.17) is 16.3 Å². The van der Waals surface area contributed by atoms with Gasteiger partial charge in [-0.1, -0.05) is 35.9 Å². The van der Waals surface area contributed by atoms with E-state index in [0.717, 1.165) is 23.3 Å². The third-order valence-corrected chi connectivity index (χ3v) is 6.22. The summed E-state index contributed by atoms with van der Waals surface area (Å²) in [6.07, 6.45) is 0.781. The number of thiophene rings is 1. The Kier molecular flexibility index (Phi) is 4.85. The molecule has 0 saturated heterocycles. The van der Waals surface area contributed by atoms with Gasteiger partial charge in [-0.05, 0) is 35.7 Å². The van der Waals surface area contributed by atoms with Gasteiger partial charge in [-0.25, -0.2) is 9.18 Å². The van der Waals surface area contributed by atoms with E-state index in [2.05, 4.69) is 6.07 Å². The van der Waals surface area contributed by atoms with Crippen molar-refractivity contribution >= 4 is 44.9 Å². The van der Waals surface area contributed by atoms with Crippen molar-refractivity contribution in [3.05, 3.63) is 69.3 Å². The van der Waals surface area contributed by atoms with Gasteiger partial charge < -0.3 is 9.64 Å². The Hall–Kier alpha value is -2.44. The summed E-state index contributed by atoms with van der Waals surface area (Å²) in [6.45, 7) is 0.756. The fraction of sp³-hybridized carbons (Fsp3) is 0.200. The lowest BCUT2D eigenvalue weighted by molar-refractivity contribution is -0.135. The molecule has 138 valence electrons. The van der Waals surface area contributed by atoms with Gasteiger partial charge >= 0.3 is 5.97 Å². The molecule has 0 radical (unpaired) electrons. The van der Waals surface area contributed by atoms with Crippen molar-refractivity contribution in [1.82, 2.24) is 4.90 Å². The molecular formula is C20H15ClFNO3S. The lowest BCUT2D eigenvalue weighted by atomic mass is 10.00. The van der Waals surface area contributed by atoms with E-state index in [1.54, 1.807) is 4.90 Å². The molecule has 1 amide bonds. The maximum absolute atomic E-state index is 13.3. The normalized spacial score (nSPS) is 13.5. The van der Waals surface area contributed by atoms with Crippen LogP contribution in [0.1, 0.15) is 20.8 Å². The molecular weight excluding hydrogens is 389 g/mol. The second-order valence-electron chi connectivity index (χ2n) is 6.30. The van der Waals surface area contributed by atoms with Gasteiger partial charge in [0.1, 0.15) is 10.7 Å². The smallest absolute Gasteiger partial charge is 0.350 e. The quantitative estimate of drug-likeness (QED) is 0.607. The molecule has 1 aromatic heterocycles. The van der Waals surface area contributed by atoms with Gasteiger partial charge in [0.15, 0.2) is 6.61 Å². The van der Waals surface area contributed by atoms with E-state index >= 15 is 0 Å². The highest BCUT2D eigenvalue weighted by Gasteiger charge is 2.23. The SMILES string of the molecule is O=C(OCC(=O)N1CCc2ccccc2C1)c1sc2cc(F)ccc2c1Cl.